The van der Waals surface area contributed by atoms with Crippen molar-refractivity contribution in [1.82, 2.24) is 10.6 Å². The molecule has 2 aliphatic rings. The summed E-state index contributed by atoms with van der Waals surface area (Å²) in [4.78, 5) is 35.4. The lowest BCUT2D eigenvalue weighted by atomic mass is 9.99. The van der Waals surface area contributed by atoms with Crippen molar-refractivity contribution >= 4 is 31.4 Å². The Morgan fingerprint density at radius 1 is 1.31 bits per heavy atom. The molecule has 2 heterocycles. The van der Waals surface area contributed by atoms with Crippen molar-refractivity contribution < 1.29 is 28.1 Å². The van der Waals surface area contributed by atoms with Crippen molar-refractivity contribution in [3.05, 3.63) is 0 Å². The maximum atomic E-state index is 12.2. The van der Waals surface area contributed by atoms with E-state index in [1.165, 1.54) is 0 Å². The monoisotopic (exact) mass is 449 g/mol. The van der Waals surface area contributed by atoms with Gasteiger partial charge in [-0.05, 0) is 39.5 Å². The summed E-state index contributed by atoms with van der Waals surface area (Å²) in [5, 5.41) is 5.96. The average molecular weight is 450 g/mol. The fraction of sp³-hybridized carbons (Fsp3) is 0.895. The van der Waals surface area contributed by atoms with E-state index in [1.807, 2.05) is 6.92 Å². The molecule has 2 fully saturated rings. The standard InChI is InChI=1S/C19H35N2O6PS/c1-13(11-26-28(24,25)27-19(2,3)4)8-6-5-7-9-14(22)10-16-17-15(12-29-16)20-18(23)21-17/h13,15-17H,5-12H2,1-4H3,(H,24,25)(H2,20,21,23)/p-1. The van der Waals surface area contributed by atoms with Crippen LogP contribution in [0.3, 0.4) is 0 Å². The number of rotatable bonds is 12. The maximum absolute atomic E-state index is 12.2. The number of urea groups is 1. The summed E-state index contributed by atoms with van der Waals surface area (Å²) < 4.78 is 21.7. The molecule has 0 aromatic carbocycles. The summed E-state index contributed by atoms with van der Waals surface area (Å²) in [6.45, 7) is 7.04. The van der Waals surface area contributed by atoms with Crippen LogP contribution in [0, 0.1) is 5.92 Å². The van der Waals surface area contributed by atoms with Crippen LogP contribution in [-0.4, -0.2) is 47.1 Å². The van der Waals surface area contributed by atoms with Crippen molar-refractivity contribution in [2.45, 2.75) is 89.2 Å². The van der Waals surface area contributed by atoms with Crippen LogP contribution in [0.1, 0.15) is 66.2 Å². The van der Waals surface area contributed by atoms with E-state index < -0.39 is 13.4 Å². The van der Waals surface area contributed by atoms with E-state index in [0.717, 1.165) is 31.4 Å². The van der Waals surface area contributed by atoms with Gasteiger partial charge >= 0.3 is 6.03 Å². The fourth-order valence-electron chi connectivity index (χ4n) is 3.55. The quantitative estimate of drug-likeness (QED) is 0.267. The number of amides is 2. The third-order valence-electron chi connectivity index (χ3n) is 4.92. The van der Waals surface area contributed by atoms with Crippen LogP contribution in [-0.2, 0) is 18.4 Å². The number of ketones is 1. The molecule has 2 aliphatic heterocycles. The number of phosphoric ester groups is 1. The Hall–Kier alpha value is -0.600. The lowest BCUT2D eigenvalue weighted by molar-refractivity contribution is -0.234. The minimum atomic E-state index is -4.28. The maximum Gasteiger partial charge on any atom is 0.315 e. The highest BCUT2D eigenvalue weighted by atomic mass is 32.2. The lowest BCUT2D eigenvalue weighted by Crippen LogP contribution is -2.37. The van der Waals surface area contributed by atoms with Gasteiger partial charge in [-0.25, -0.2) is 4.79 Å². The van der Waals surface area contributed by atoms with Gasteiger partial charge < -0.3 is 24.6 Å². The summed E-state index contributed by atoms with van der Waals surface area (Å²) >= 11 is 1.75. The second kappa shape index (κ2) is 10.6. The molecular formula is C19H34N2O6PS-. The van der Waals surface area contributed by atoms with Crippen LogP contribution >= 0.6 is 19.6 Å². The molecule has 2 N–H and O–H groups in total. The molecule has 5 unspecified atom stereocenters. The van der Waals surface area contributed by atoms with Gasteiger partial charge in [0.05, 0.1) is 24.3 Å². The Bertz CT molecular complexity index is 626. The van der Waals surface area contributed by atoms with Crippen molar-refractivity contribution in [3.63, 3.8) is 0 Å². The van der Waals surface area contributed by atoms with Crippen LogP contribution in [0.25, 0.3) is 0 Å². The van der Waals surface area contributed by atoms with E-state index >= 15 is 0 Å². The molecule has 0 saturated carbocycles. The van der Waals surface area contributed by atoms with E-state index in [-0.39, 0.29) is 41.7 Å². The molecule has 0 aromatic rings. The van der Waals surface area contributed by atoms with E-state index in [1.54, 1.807) is 32.5 Å². The Labute approximate surface area is 177 Å². The molecule has 5 atom stereocenters. The highest BCUT2D eigenvalue weighted by Gasteiger charge is 2.43. The Morgan fingerprint density at radius 2 is 2.03 bits per heavy atom. The fourth-order valence-corrected chi connectivity index (χ4v) is 6.22. The number of fused-ring (bicyclic) bond motifs is 1. The smallest absolute Gasteiger partial charge is 0.315 e. The SMILES string of the molecule is CC(CCCCCC(=O)CC1SCC2NC(=O)NC21)COP(=O)([O-])OC(C)(C)C. The molecule has 10 heteroatoms. The van der Waals surface area contributed by atoms with Crippen LogP contribution in [0.4, 0.5) is 4.79 Å². The third kappa shape index (κ3) is 8.97. The Morgan fingerprint density at radius 3 is 2.72 bits per heavy atom. The average Bonchev–Trinajstić information content (AvgIpc) is 3.11. The molecule has 0 radical (unpaired) electrons. The van der Waals surface area contributed by atoms with Crippen LogP contribution in [0.15, 0.2) is 0 Å². The number of hydrogen-bond acceptors (Lipinski definition) is 7. The number of thioether (sulfide) groups is 1. The van der Waals surface area contributed by atoms with Crippen molar-refractivity contribution in [2.75, 3.05) is 12.4 Å². The predicted octanol–water partition coefficient (Wildman–Crippen LogP) is 3.00. The largest absolute Gasteiger partial charge is 0.756 e. The first-order valence-corrected chi connectivity index (χ1v) is 12.8. The van der Waals surface area contributed by atoms with Gasteiger partial charge in [-0.3, -0.25) is 9.36 Å². The van der Waals surface area contributed by atoms with Gasteiger partial charge in [0.2, 0.25) is 0 Å². The molecule has 168 valence electrons. The first kappa shape index (κ1) is 24.7. The predicted molar refractivity (Wildman–Crippen MR) is 112 cm³/mol. The first-order chi connectivity index (χ1) is 13.5. The molecule has 8 nitrogen and oxygen atoms in total. The number of unbranched alkanes of at least 4 members (excludes halogenated alkanes) is 2. The highest BCUT2D eigenvalue weighted by molar-refractivity contribution is 8.00. The van der Waals surface area contributed by atoms with E-state index in [2.05, 4.69) is 10.6 Å². The molecule has 29 heavy (non-hydrogen) atoms. The van der Waals surface area contributed by atoms with Crippen LogP contribution in [0.2, 0.25) is 0 Å². The van der Waals surface area contributed by atoms with Crippen molar-refractivity contribution in [2.24, 2.45) is 5.92 Å². The van der Waals surface area contributed by atoms with E-state index in [0.29, 0.717) is 12.8 Å². The zero-order valence-electron chi connectivity index (χ0n) is 17.8. The van der Waals surface area contributed by atoms with Gasteiger partial charge in [-0.15, -0.1) is 0 Å². The lowest BCUT2D eigenvalue weighted by Gasteiger charge is -2.31. The number of hydrogen-bond donors (Lipinski definition) is 2. The summed E-state index contributed by atoms with van der Waals surface area (Å²) in [5.74, 6) is 1.20. The number of Topliss-reactive ketones (excluding diaryl/α,β-unsaturated/α-hetero) is 1. The van der Waals surface area contributed by atoms with Crippen molar-refractivity contribution in [3.8, 4) is 0 Å². The van der Waals surface area contributed by atoms with Gasteiger partial charge in [0.15, 0.2) is 0 Å². The summed E-state index contributed by atoms with van der Waals surface area (Å²) in [5.41, 5.74) is -0.801. The molecule has 0 spiro atoms. The Kier molecular flexibility index (Phi) is 9.04. The molecule has 2 amide bonds. The van der Waals surface area contributed by atoms with Gasteiger partial charge in [0, 0.05) is 23.8 Å². The topological polar surface area (TPSA) is 117 Å². The van der Waals surface area contributed by atoms with E-state index in [9.17, 15) is 19.0 Å². The van der Waals surface area contributed by atoms with E-state index in [4.69, 9.17) is 9.05 Å². The summed E-state index contributed by atoms with van der Waals surface area (Å²) in [7, 11) is -4.28. The molecule has 0 aliphatic carbocycles. The molecule has 2 saturated heterocycles. The zero-order chi connectivity index (χ0) is 21.7. The number of carbonyl (C=O) groups excluding carboxylic acids is 2. The summed E-state index contributed by atoms with van der Waals surface area (Å²) in [6.07, 6.45) is 4.57. The second-order valence-electron chi connectivity index (χ2n) is 9.02. The molecule has 0 bridgehead atoms. The van der Waals surface area contributed by atoms with Crippen LogP contribution in [0.5, 0.6) is 0 Å². The normalized spacial score (nSPS) is 27.1. The van der Waals surface area contributed by atoms with Crippen LogP contribution < -0.4 is 15.5 Å². The number of phosphoric acid groups is 1. The second-order valence-corrected chi connectivity index (χ2v) is 11.6. The first-order valence-electron chi connectivity index (χ1n) is 10.3. The summed E-state index contributed by atoms with van der Waals surface area (Å²) in [6, 6.07) is 0.0814. The third-order valence-corrected chi connectivity index (χ3v) is 7.60. The number of carbonyl (C=O) groups is 2. The molecule has 0 aromatic heterocycles. The highest BCUT2D eigenvalue weighted by Crippen LogP contribution is 2.43. The minimum Gasteiger partial charge on any atom is -0.756 e. The van der Waals surface area contributed by atoms with Crippen molar-refractivity contribution in [1.29, 1.82) is 0 Å². The van der Waals surface area contributed by atoms with Gasteiger partial charge in [-0.2, -0.15) is 11.8 Å². The molecule has 2 rings (SSSR count). The van der Waals surface area contributed by atoms with Gasteiger partial charge in [-0.1, -0.05) is 19.8 Å². The minimum absolute atomic E-state index is 0.0663. The molecular weight excluding hydrogens is 415 g/mol. The number of nitrogens with one attached hydrogen (secondary N) is 2. The van der Waals surface area contributed by atoms with Gasteiger partial charge in [0.25, 0.3) is 7.82 Å². The zero-order valence-corrected chi connectivity index (χ0v) is 19.5. The Balaban J connectivity index is 1.53. The van der Waals surface area contributed by atoms with Gasteiger partial charge in [0.1, 0.15) is 5.78 Å².